The van der Waals surface area contributed by atoms with Crippen LogP contribution in [0.15, 0.2) is 91.4 Å². The first kappa shape index (κ1) is 20.4. The van der Waals surface area contributed by atoms with Crippen LogP contribution in [0.2, 0.25) is 0 Å². The zero-order valence-corrected chi connectivity index (χ0v) is 17.5. The number of phenols is 1. The summed E-state index contributed by atoms with van der Waals surface area (Å²) in [5, 5.41) is 10.6. The van der Waals surface area contributed by atoms with Gasteiger partial charge in [-0.05, 0) is 42.0 Å². The average Bonchev–Trinajstić information content (AvgIpc) is 2.83. The lowest BCUT2D eigenvalue weighted by Gasteiger charge is -2.10. The van der Waals surface area contributed by atoms with Gasteiger partial charge in [-0.1, -0.05) is 12.1 Å². The molecule has 0 aliphatic rings. The summed E-state index contributed by atoms with van der Waals surface area (Å²) < 4.78 is 22.0. The van der Waals surface area contributed by atoms with Crippen molar-refractivity contribution < 1.29 is 23.4 Å². The third-order valence-electron chi connectivity index (χ3n) is 5.36. The summed E-state index contributed by atoms with van der Waals surface area (Å²) in [6.07, 6.45) is 1.39. The van der Waals surface area contributed by atoms with E-state index in [9.17, 15) is 14.7 Å². The van der Waals surface area contributed by atoms with Gasteiger partial charge in [0.1, 0.15) is 41.3 Å². The van der Waals surface area contributed by atoms with E-state index in [1.165, 1.54) is 31.6 Å². The van der Waals surface area contributed by atoms with Crippen LogP contribution in [0.25, 0.3) is 33.1 Å². The molecule has 0 spiro atoms. The van der Waals surface area contributed by atoms with E-state index in [2.05, 4.69) is 0 Å². The molecule has 0 bridgehead atoms. The molecule has 0 amide bonds. The molecule has 5 rings (SSSR count). The number of aromatic hydroxyl groups is 1. The highest BCUT2D eigenvalue weighted by atomic mass is 16.5. The first-order valence-corrected chi connectivity index (χ1v) is 10.1. The SMILES string of the molecule is COc1ccc2c(COc3ccc4c(=O)c(-c5ccc(O)cc5)coc4c3)cc(=O)oc2c1. The number of ether oxygens (including phenoxy) is 2. The molecule has 0 unspecified atom stereocenters. The molecule has 7 nitrogen and oxygen atoms in total. The Morgan fingerprint density at radius 3 is 2.36 bits per heavy atom. The van der Waals surface area contributed by atoms with Gasteiger partial charge in [-0.25, -0.2) is 4.79 Å². The predicted molar refractivity (Wildman–Crippen MR) is 123 cm³/mol. The number of fused-ring (bicyclic) bond motifs is 2. The normalized spacial score (nSPS) is 11.1. The Labute approximate surface area is 187 Å². The fraction of sp³-hybridized carbons (Fsp3) is 0.0769. The summed E-state index contributed by atoms with van der Waals surface area (Å²) in [5.41, 5.74) is 1.82. The van der Waals surface area contributed by atoms with Crippen molar-refractivity contribution in [1.29, 1.82) is 0 Å². The number of phenolic OH excluding ortho intramolecular Hbond substituents is 1. The van der Waals surface area contributed by atoms with Gasteiger partial charge in [0.2, 0.25) is 0 Å². The van der Waals surface area contributed by atoms with Crippen molar-refractivity contribution in [3.8, 4) is 28.4 Å². The molecule has 0 saturated carbocycles. The first-order chi connectivity index (χ1) is 16.0. The summed E-state index contributed by atoms with van der Waals surface area (Å²) in [7, 11) is 1.54. The van der Waals surface area contributed by atoms with Crippen molar-refractivity contribution in [2.24, 2.45) is 0 Å². The number of rotatable bonds is 5. The maximum Gasteiger partial charge on any atom is 0.336 e. The van der Waals surface area contributed by atoms with E-state index in [1.54, 1.807) is 48.5 Å². The standard InChI is InChI=1S/C26H18O7/c1-30-18-6-8-20-16(10-25(28)33-24(20)11-18)13-31-19-7-9-21-23(12-19)32-14-22(26(21)29)15-2-4-17(27)5-3-15/h2-12,14,27H,13H2,1H3. The highest BCUT2D eigenvalue weighted by Crippen LogP contribution is 2.26. The van der Waals surface area contributed by atoms with Gasteiger partial charge in [-0.3, -0.25) is 4.79 Å². The zero-order chi connectivity index (χ0) is 22.9. The number of hydrogen-bond donors (Lipinski definition) is 1. The molecule has 0 radical (unpaired) electrons. The van der Waals surface area contributed by atoms with Crippen LogP contribution in [0.3, 0.4) is 0 Å². The first-order valence-electron chi connectivity index (χ1n) is 10.1. The molecule has 0 aliphatic carbocycles. The molecule has 33 heavy (non-hydrogen) atoms. The fourth-order valence-corrected chi connectivity index (χ4v) is 3.66. The lowest BCUT2D eigenvalue weighted by atomic mass is 10.1. The second-order valence-corrected chi connectivity index (χ2v) is 7.42. The monoisotopic (exact) mass is 442 g/mol. The van der Waals surface area contributed by atoms with Gasteiger partial charge in [0, 0.05) is 29.1 Å². The number of benzene rings is 3. The van der Waals surface area contributed by atoms with E-state index < -0.39 is 5.63 Å². The Kier molecular flexibility index (Phi) is 5.06. The predicted octanol–water partition coefficient (Wildman–Crippen LogP) is 4.86. The number of hydrogen-bond acceptors (Lipinski definition) is 7. The zero-order valence-electron chi connectivity index (χ0n) is 17.5. The van der Waals surface area contributed by atoms with Crippen LogP contribution in [0, 0.1) is 0 Å². The van der Waals surface area contributed by atoms with Crippen molar-refractivity contribution in [2.75, 3.05) is 7.11 Å². The second kappa shape index (κ2) is 8.20. The molecule has 3 aromatic carbocycles. The Morgan fingerprint density at radius 2 is 1.58 bits per heavy atom. The van der Waals surface area contributed by atoms with Crippen molar-refractivity contribution >= 4 is 21.9 Å². The van der Waals surface area contributed by atoms with Gasteiger partial charge in [0.05, 0.1) is 18.1 Å². The van der Waals surface area contributed by atoms with Gasteiger partial charge in [0.25, 0.3) is 0 Å². The molecule has 0 atom stereocenters. The van der Waals surface area contributed by atoms with Crippen molar-refractivity contribution in [3.63, 3.8) is 0 Å². The Hall–Kier alpha value is -4.52. The smallest absolute Gasteiger partial charge is 0.336 e. The molecular formula is C26H18O7. The average molecular weight is 442 g/mol. The topological polar surface area (TPSA) is 99.1 Å². The van der Waals surface area contributed by atoms with Gasteiger partial charge in [0.15, 0.2) is 5.43 Å². The van der Waals surface area contributed by atoms with E-state index >= 15 is 0 Å². The maximum absolute atomic E-state index is 12.9. The number of methoxy groups -OCH3 is 1. The molecule has 0 aliphatic heterocycles. The largest absolute Gasteiger partial charge is 0.508 e. The summed E-state index contributed by atoms with van der Waals surface area (Å²) in [4.78, 5) is 24.9. The lowest BCUT2D eigenvalue weighted by Crippen LogP contribution is -2.06. The van der Waals surface area contributed by atoms with Crippen LogP contribution in [0.4, 0.5) is 0 Å². The molecule has 1 N–H and O–H groups in total. The van der Waals surface area contributed by atoms with E-state index in [4.69, 9.17) is 18.3 Å². The minimum Gasteiger partial charge on any atom is -0.508 e. The fourth-order valence-electron chi connectivity index (χ4n) is 3.66. The van der Waals surface area contributed by atoms with Crippen molar-refractivity contribution in [2.45, 2.75) is 6.61 Å². The van der Waals surface area contributed by atoms with Crippen LogP contribution < -0.4 is 20.5 Å². The molecule has 164 valence electrons. The van der Waals surface area contributed by atoms with Crippen molar-refractivity contribution in [3.05, 3.63) is 99.2 Å². The third-order valence-corrected chi connectivity index (χ3v) is 5.36. The molecule has 2 heterocycles. The van der Waals surface area contributed by atoms with Gasteiger partial charge in [-0.2, -0.15) is 0 Å². The van der Waals surface area contributed by atoms with Gasteiger partial charge < -0.3 is 23.4 Å². The Bertz CT molecular complexity index is 1590. The Balaban J connectivity index is 1.45. The van der Waals surface area contributed by atoms with Crippen LogP contribution in [0.5, 0.6) is 17.2 Å². The quantitative estimate of drug-likeness (QED) is 0.388. The highest BCUT2D eigenvalue weighted by Gasteiger charge is 2.12. The molecule has 0 saturated heterocycles. The van der Waals surface area contributed by atoms with Crippen LogP contribution in [-0.2, 0) is 6.61 Å². The molecule has 7 heteroatoms. The minimum atomic E-state index is -0.486. The van der Waals surface area contributed by atoms with Gasteiger partial charge in [-0.15, -0.1) is 0 Å². The van der Waals surface area contributed by atoms with Crippen LogP contribution >= 0.6 is 0 Å². The van der Waals surface area contributed by atoms with E-state index in [-0.39, 0.29) is 17.8 Å². The molecule has 5 aromatic rings. The minimum absolute atomic E-state index is 0.119. The van der Waals surface area contributed by atoms with E-state index in [0.717, 1.165) is 5.39 Å². The van der Waals surface area contributed by atoms with Crippen LogP contribution in [-0.4, -0.2) is 12.2 Å². The summed E-state index contributed by atoms with van der Waals surface area (Å²) in [6.45, 7) is 0.121. The Morgan fingerprint density at radius 1 is 0.848 bits per heavy atom. The summed E-state index contributed by atoms with van der Waals surface area (Å²) in [5.74, 6) is 1.19. The van der Waals surface area contributed by atoms with Crippen LogP contribution in [0.1, 0.15) is 5.56 Å². The summed E-state index contributed by atoms with van der Waals surface area (Å²) >= 11 is 0. The third kappa shape index (κ3) is 3.92. The van der Waals surface area contributed by atoms with E-state index in [1.807, 2.05) is 0 Å². The maximum atomic E-state index is 12.9. The highest BCUT2D eigenvalue weighted by molar-refractivity contribution is 5.83. The molecule has 2 aromatic heterocycles. The van der Waals surface area contributed by atoms with E-state index in [0.29, 0.717) is 44.7 Å². The molecular weight excluding hydrogens is 424 g/mol. The molecule has 0 fully saturated rings. The summed E-state index contributed by atoms with van der Waals surface area (Å²) in [6, 6.07) is 17.9. The van der Waals surface area contributed by atoms with Crippen molar-refractivity contribution in [1.82, 2.24) is 0 Å². The van der Waals surface area contributed by atoms with Gasteiger partial charge >= 0.3 is 5.63 Å². The lowest BCUT2D eigenvalue weighted by molar-refractivity contribution is 0.306. The second-order valence-electron chi connectivity index (χ2n) is 7.42.